The Balaban J connectivity index is 1.35. The smallest absolute Gasteiger partial charge is 0.144 e. The number of nitrogens with zero attached hydrogens (tertiary/aromatic N) is 4. The topological polar surface area (TPSA) is 77.2 Å². The fourth-order valence-corrected chi connectivity index (χ4v) is 5.39. The Bertz CT molecular complexity index is 1180. The van der Waals surface area contributed by atoms with Crippen LogP contribution in [-0.2, 0) is 17.8 Å². The number of aromatic nitrogens is 3. The van der Waals surface area contributed by atoms with Crippen molar-refractivity contribution >= 4 is 43.4 Å². The lowest BCUT2D eigenvalue weighted by Crippen LogP contribution is -2.37. The number of benzene rings is 1. The molecule has 31 heavy (non-hydrogen) atoms. The van der Waals surface area contributed by atoms with E-state index >= 15 is 0 Å². The van der Waals surface area contributed by atoms with Crippen molar-refractivity contribution in [3.05, 3.63) is 53.9 Å². The van der Waals surface area contributed by atoms with Crippen LogP contribution in [0.3, 0.4) is 0 Å². The molecular formula is C24H27N5OS. The standard InChI is InChI=1S/C24H27N5OS/c1-2-6-17-13-19(28-24-20(17)21-22(31-24)23(25)27-15-26-21)29-11-9-18(10-12-29)30-14-16-7-4-3-5-8-16/h3-5,7-8,13,15,18H,2,6,9-12,14H2,1H3,(H2,25,26,27). The molecule has 0 spiro atoms. The van der Waals surface area contributed by atoms with E-state index in [0.29, 0.717) is 18.5 Å². The number of hydrogen-bond donors (Lipinski definition) is 1. The van der Waals surface area contributed by atoms with Crippen LogP contribution in [0.25, 0.3) is 20.4 Å². The first-order valence-corrected chi connectivity index (χ1v) is 11.8. The fourth-order valence-electron chi connectivity index (χ4n) is 4.32. The van der Waals surface area contributed by atoms with Crippen LogP contribution in [0.4, 0.5) is 11.6 Å². The van der Waals surface area contributed by atoms with Gasteiger partial charge in [0.25, 0.3) is 0 Å². The van der Waals surface area contributed by atoms with Crippen molar-refractivity contribution in [3.8, 4) is 0 Å². The number of pyridine rings is 1. The van der Waals surface area contributed by atoms with Gasteiger partial charge in [-0.05, 0) is 36.5 Å². The summed E-state index contributed by atoms with van der Waals surface area (Å²) in [6.07, 6.45) is 5.95. The average Bonchev–Trinajstić information content (AvgIpc) is 3.19. The molecule has 1 saturated heterocycles. The molecule has 160 valence electrons. The number of nitrogens with two attached hydrogens (primary N) is 1. The summed E-state index contributed by atoms with van der Waals surface area (Å²) in [5.41, 5.74) is 9.58. The first-order valence-electron chi connectivity index (χ1n) is 11.0. The minimum absolute atomic E-state index is 0.301. The third-order valence-corrected chi connectivity index (χ3v) is 7.03. The van der Waals surface area contributed by atoms with Gasteiger partial charge < -0.3 is 15.4 Å². The fraction of sp³-hybridized carbons (Fsp3) is 0.375. The second-order valence-corrected chi connectivity index (χ2v) is 9.09. The third kappa shape index (κ3) is 4.07. The van der Waals surface area contributed by atoms with Crippen molar-refractivity contribution in [2.24, 2.45) is 0 Å². The van der Waals surface area contributed by atoms with E-state index in [9.17, 15) is 0 Å². The van der Waals surface area contributed by atoms with Gasteiger partial charge in [-0.3, -0.25) is 0 Å². The van der Waals surface area contributed by atoms with Gasteiger partial charge >= 0.3 is 0 Å². The largest absolute Gasteiger partial charge is 0.382 e. The Morgan fingerprint density at radius 2 is 1.97 bits per heavy atom. The second-order valence-electron chi connectivity index (χ2n) is 8.09. The van der Waals surface area contributed by atoms with E-state index in [1.165, 1.54) is 11.1 Å². The van der Waals surface area contributed by atoms with E-state index in [4.69, 9.17) is 15.5 Å². The van der Waals surface area contributed by atoms with Crippen LogP contribution in [0.5, 0.6) is 0 Å². The number of aryl methyl sites for hydroxylation is 1. The Hall–Kier alpha value is -2.77. The molecule has 1 aliphatic heterocycles. The van der Waals surface area contributed by atoms with Gasteiger partial charge in [0.2, 0.25) is 0 Å². The van der Waals surface area contributed by atoms with Crippen molar-refractivity contribution in [1.29, 1.82) is 0 Å². The highest BCUT2D eigenvalue weighted by atomic mass is 32.1. The zero-order valence-electron chi connectivity index (χ0n) is 17.8. The molecule has 2 N–H and O–H groups in total. The lowest BCUT2D eigenvalue weighted by atomic mass is 10.0. The lowest BCUT2D eigenvalue weighted by Gasteiger charge is -2.33. The molecule has 0 atom stereocenters. The Morgan fingerprint density at radius 3 is 2.74 bits per heavy atom. The molecule has 0 unspecified atom stereocenters. The van der Waals surface area contributed by atoms with E-state index in [2.05, 4.69) is 52.1 Å². The second kappa shape index (κ2) is 8.77. The summed E-state index contributed by atoms with van der Waals surface area (Å²) in [5.74, 6) is 1.59. The summed E-state index contributed by atoms with van der Waals surface area (Å²) in [7, 11) is 0. The summed E-state index contributed by atoms with van der Waals surface area (Å²) in [5, 5.41) is 1.14. The van der Waals surface area contributed by atoms with Gasteiger partial charge in [-0.1, -0.05) is 43.7 Å². The number of nitrogen functional groups attached to an aromatic ring is 1. The number of ether oxygens (including phenoxy) is 1. The van der Waals surface area contributed by atoms with Gasteiger partial charge in [-0.25, -0.2) is 15.0 Å². The molecule has 6 nitrogen and oxygen atoms in total. The van der Waals surface area contributed by atoms with Crippen LogP contribution >= 0.6 is 11.3 Å². The summed E-state index contributed by atoms with van der Waals surface area (Å²) in [6, 6.07) is 12.6. The summed E-state index contributed by atoms with van der Waals surface area (Å²) >= 11 is 1.60. The minimum Gasteiger partial charge on any atom is -0.382 e. The highest BCUT2D eigenvalue weighted by Gasteiger charge is 2.23. The van der Waals surface area contributed by atoms with Gasteiger partial charge in [-0.2, -0.15) is 0 Å². The Kier molecular flexibility index (Phi) is 5.70. The number of fused-ring (bicyclic) bond motifs is 3. The number of hydrogen-bond acceptors (Lipinski definition) is 7. The van der Waals surface area contributed by atoms with Gasteiger partial charge in [0.05, 0.1) is 22.9 Å². The highest BCUT2D eigenvalue weighted by molar-refractivity contribution is 7.26. The number of anilines is 2. The van der Waals surface area contributed by atoms with Crippen LogP contribution < -0.4 is 10.6 Å². The maximum Gasteiger partial charge on any atom is 0.144 e. The molecule has 1 aliphatic rings. The molecule has 4 heterocycles. The SMILES string of the molecule is CCCc1cc(N2CCC(OCc3ccccc3)CC2)nc2sc3c(N)ncnc3c12. The van der Waals surface area contributed by atoms with E-state index in [-0.39, 0.29) is 0 Å². The molecule has 0 aliphatic carbocycles. The summed E-state index contributed by atoms with van der Waals surface area (Å²) < 4.78 is 7.10. The first-order chi connectivity index (χ1) is 15.2. The van der Waals surface area contributed by atoms with E-state index in [0.717, 1.165) is 65.0 Å². The molecular weight excluding hydrogens is 406 g/mol. The zero-order valence-corrected chi connectivity index (χ0v) is 18.6. The van der Waals surface area contributed by atoms with E-state index in [1.807, 2.05) is 6.07 Å². The molecule has 5 rings (SSSR count). The van der Waals surface area contributed by atoms with E-state index in [1.54, 1.807) is 17.7 Å². The molecule has 4 aromatic rings. The monoisotopic (exact) mass is 433 g/mol. The van der Waals surface area contributed by atoms with Gasteiger partial charge in [-0.15, -0.1) is 11.3 Å². The zero-order chi connectivity index (χ0) is 21.2. The van der Waals surface area contributed by atoms with Crippen LogP contribution in [0.15, 0.2) is 42.7 Å². The Labute approximate surface area is 186 Å². The van der Waals surface area contributed by atoms with Gasteiger partial charge in [0.1, 0.15) is 22.8 Å². The lowest BCUT2D eigenvalue weighted by molar-refractivity contribution is 0.0250. The molecule has 0 radical (unpaired) electrons. The quantitative estimate of drug-likeness (QED) is 0.463. The predicted molar refractivity (Wildman–Crippen MR) is 128 cm³/mol. The van der Waals surface area contributed by atoms with Crippen LogP contribution in [0.1, 0.15) is 37.3 Å². The molecule has 7 heteroatoms. The molecule has 3 aromatic heterocycles. The number of rotatable bonds is 6. The van der Waals surface area contributed by atoms with Gasteiger partial charge in [0, 0.05) is 18.5 Å². The first kappa shape index (κ1) is 20.2. The van der Waals surface area contributed by atoms with Crippen molar-refractivity contribution in [3.63, 3.8) is 0 Å². The summed E-state index contributed by atoms with van der Waals surface area (Å²) in [4.78, 5) is 17.1. The minimum atomic E-state index is 0.301. The summed E-state index contributed by atoms with van der Waals surface area (Å²) in [6.45, 7) is 4.80. The van der Waals surface area contributed by atoms with Crippen molar-refractivity contribution in [2.45, 2.75) is 45.3 Å². The van der Waals surface area contributed by atoms with Crippen LogP contribution in [0, 0.1) is 0 Å². The number of thiophene rings is 1. The third-order valence-electron chi connectivity index (χ3n) is 5.94. The van der Waals surface area contributed by atoms with Crippen molar-refractivity contribution < 1.29 is 4.74 Å². The molecule has 1 aromatic carbocycles. The normalized spacial score (nSPS) is 15.2. The van der Waals surface area contributed by atoms with Crippen molar-refractivity contribution in [1.82, 2.24) is 15.0 Å². The molecule has 0 saturated carbocycles. The molecule has 0 amide bonds. The van der Waals surface area contributed by atoms with Gasteiger partial charge in [0.15, 0.2) is 0 Å². The molecule has 1 fully saturated rings. The maximum atomic E-state index is 6.16. The predicted octanol–water partition coefficient (Wildman–Crippen LogP) is 4.96. The van der Waals surface area contributed by atoms with Crippen molar-refractivity contribution in [2.75, 3.05) is 23.7 Å². The van der Waals surface area contributed by atoms with Crippen LogP contribution in [-0.4, -0.2) is 34.1 Å². The van der Waals surface area contributed by atoms with Crippen LogP contribution in [0.2, 0.25) is 0 Å². The maximum absolute atomic E-state index is 6.16. The number of piperidine rings is 1. The average molecular weight is 434 g/mol. The highest BCUT2D eigenvalue weighted by Crippen LogP contribution is 2.38. The Morgan fingerprint density at radius 1 is 1.16 bits per heavy atom. The molecule has 0 bridgehead atoms. The van der Waals surface area contributed by atoms with E-state index < -0.39 is 0 Å².